The summed E-state index contributed by atoms with van der Waals surface area (Å²) in [7, 11) is 0. The molecule has 0 saturated carbocycles. The van der Waals surface area contributed by atoms with E-state index in [1.165, 1.54) is 6.20 Å². The van der Waals surface area contributed by atoms with Gasteiger partial charge in [-0.2, -0.15) is 0 Å². The van der Waals surface area contributed by atoms with Crippen molar-refractivity contribution in [2.45, 2.75) is 40.2 Å². The van der Waals surface area contributed by atoms with Crippen molar-refractivity contribution in [2.24, 2.45) is 5.92 Å². The second-order valence-electron chi connectivity index (χ2n) is 4.91. The van der Waals surface area contributed by atoms with Crippen LogP contribution in [0.3, 0.4) is 0 Å². The van der Waals surface area contributed by atoms with Crippen LogP contribution in [0.2, 0.25) is 0 Å². The molecule has 0 aliphatic carbocycles. The fraction of sp³-hybridized carbons (Fsp3) is 0.500. The van der Waals surface area contributed by atoms with Crippen molar-refractivity contribution in [3.63, 3.8) is 0 Å². The monoisotopic (exact) mass is 309 g/mol. The van der Waals surface area contributed by atoms with Crippen molar-refractivity contribution >= 4 is 5.69 Å². The SMILES string of the molecule is CCC(C)C(C)NC=C[N+](=O)[O-].CCOc1ccccc1N. The van der Waals surface area contributed by atoms with Crippen LogP contribution >= 0.6 is 0 Å². The molecular weight excluding hydrogens is 282 g/mol. The molecule has 3 N–H and O–H groups in total. The minimum absolute atomic E-state index is 0.284. The summed E-state index contributed by atoms with van der Waals surface area (Å²) in [6.45, 7) is 8.82. The van der Waals surface area contributed by atoms with Gasteiger partial charge in [0.15, 0.2) is 0 Å². The van der Waals surface area contributed by atoms with Gasteiger partial charge in [0.1, 0.15) is 5.75 Å². The number of hydrogen-bond donors (Lipinski definition) is 2. The topological polar surface area (TPSA) is 90.4 Å². The molecule has 0 fully saturated rings. The Balaban J connectivity index is 0.000000406. The molecule has 0 aromatic heterocycles. The van der Waals surface area contributed by atoms with Crippen LogP contribution in [0.15, 0.2) is 36.7 Å². The fourth-order valence-corrected chi connectivity index (χ4v) is 1.54. The predicted molar refractivity (Wildman–Crippen MR) is 90.2 cm³/mol. The molecule has 22 heavy (non-hydrogen) atoms. The van der Waals surface area contributed by atoms with Gasteiger partial charge in [-0.15, -0.1) is 0 Å². The Kier molecular flexibility index (Phi) is 10.3. The van der Waals surface area contributed by atoms with Gasteiger partial charge in [0.25, 0.3) is 0 Å². The van der Waals surface area contributed by atoms with Crippen LogP contribution in [0.1, 0.15) is 34.1 Å². The lowest BCUT2D eigenvalue weighted by atomic mass is 10.0. The molecule has 1 aromatic carbocycles. The molecule has 6 heteroatoms. The van der Waals surface area contributed by atoms with Crippen molar-refractivity contribution in [2.75, 3.05) is 12.3 Å². The summed E-state index contributed by atoms with van der Waals surface area (Å²) >= 11 is 0. The van der Waals surface area contributed by atoms with Crippen LogP contribution < -0.4 is 15.8 Å². The average Bonchev–Trinajstić information content (AvgIpc) is 2.49. The van der Waals surface area contributed by atoms with Crippen LogP contribution in [0.5, 0.6) is 5.75 Å². The van der Waals surface area contributed by atoms with Gasteiger partial charge >= 0.3 is 0 Å². The van der Waals surface area contributed by atoms with E-state index >= 15 is 0 Å². The van der Waals surface area contributed by atoms with E-state index in [2.05, 4.69) is 19.2 Å². The van der Waals surface area contributed by atoms with Crippen LogP contribution in [0.25, 0.3) is 0 Å². The molecule has 1 rings (SSSR count). The van der Waals surface area contributed by atoms with E-state index in [0.29, 0.717) is 18.2 Å². The molecule has 2 unspecified atom stereocenters. The first-order valence-electron chi connectivity index (χ1n) is 7.45. The van der Waals surface area contributed by atoms with Crippen LogP contribution in [-0.2, 0) is 0 Å². The number of nitrogen functional groups attached to an aromatic ring is 1. The van der Waals surface area contributed by atoms with Gasteiger partial charge < -0.3 is 15.8 Å². The number of para-hydroxylation sites is 2. The molecule has 0 amide bonds. The Hall–Kier alpha value is -2.24. The molecule has 2 atom stereocenters. The van der Waals surface area contributed by atoms with Crippen LogP contribution in [0, 0.1) is 16.0 Å². The van der Waals surface area contributed by atoms with Crippen molar-refractivity contribution in [1.82, 2.24) is 5.32 Å². The Labute approximate surface area is 132 Å². The Morgan fingerprint density at radius 3 is 2.50 bits per heavy atom. The van der Waals surface area contributed by atoms with Gasteiger partial charge in [0.2, 0.25) is 6.20 Å². The summed E-state index contributed by atoms with van der Waals surface area (Å²) in [5, 5.41) is 12.8. The number of hydrogen-bond acceptors (Lipinski definition) is 5. The Bertz CT molecular complexity index is 464. The number of nitrogens with one attached hydrogen (secondary N) is 1. The fourth-order valence-electron chi connectivity index (χ4n) is 1.54. The molecular formula is C16H27N3O3. The number of nitro groups is 1. The third kappa shape index (κ3) is 8.84. The number of nitrogens with zero attached hydrogens (tertiary/aromatic N) is 1. The normalized spacial score (nSPS) is 12.9. The molecule has 0 radical (unpaired) electrons. The van der Waals surface area contributed by atoms with Gasteiger partial charge in [-0.05, 0) is 31.9 Å². The van der Waals surface area contributed by atoms with E-state index in [4.69, 9.17) is 10.5 Å². The second-order valence-corrected chi connectivity index (χ2v) is 4.91. The van der Waals surface area contributed by atoms with E-state index in [9.17, 15) is 10.1 Å². The van der Waals surface area contributed by atoms with Gasteiger partial charge in [-0.1, -0.05) is 32.4 Å². The minimum Gasteiger partial charge on any atom is -0.492 e. The molecule has 0 saturated heterocycles. The summed E-state index contributed by atoms with van der Waals surface area (Å²) in [5.74, 6) is 1.30. The maximum absolute atomic E-state index is 9.90. The number of benzene rings is 1. The number of nitrogens with two attached hydrogens (primary N) is 1. The molecule has 0 bridgehead atoms. The average molecular weight is 309 g/mol. The molecule has 0 spiro atoms. The highest BCUT2D eigenvalue weighted by Gasteiger charge is 2.06. The lowest BCUT2D eigenvalue weighted by Crippen LogP contribution is -2.27. The maximum atomic E-state index is 9.90. The first kappa shape index (κ1) is 19.8. The summed E-state index contributed by atoms with van der Waals surface area (Å²) in [6.07, 6.45) is 3.37. The number of ether oxygens (including phenoxy) is 1. The number of rotatable bonds is 7. The standard InChI is InChI=1S/C8H16N2O2.C8H11NO/c1-4-7(2)8(3)9-5-6-10(11)12;1-2-10-8-6-4-3-5-7(8)9/h5-9H,4H2,1-3H3;3-6H,2,9H2,1H3. The third-order valence-electron chi connectivity index (χ3n) is 3.27. The zero-order valence-corrected chi connectivity index (χ0v) is 13.8. The lowest BCUT2D eigenvalue weighted by Gasteiger charge is -2.17. The van der Waals surface area contributed by atoms with E-state index in [1.54, 1.807) is 0 Å². The van der Waals surface area contributed by atoms with E-state index in [-0.39, 0.29) is 6.04 Å². The Morgan fingerprint density at radius 2 is 2.00 bits per heavy atom. The van der Waals surface area contributed by atoms with Crippen molar-refractivity contribution in [1.29, 1.82) is 0 Å². The first-order chi connectivity index (χ1) is 10.4. The zero-order valence-electron chi connectivity index (χ0n) is 13.8. The molecule has 124 valence electrons. The predicted octanol–water partition coefficient (Wildman–Crippen LogP) is 3.43. The van der Waals surface area contributed by atoms with E-state index in [0.717, 1.165) is 18.4 Å². The molecule has 0 aliphatic heterocycles. The van der Waals surface area contributed by atoms with Gasteiger partial charge in [0.05, 0.1) is 23.4 Å². The Morgan fingerprint density at radius 1 is 1.36 bits per heavy atom. The lowest BCUT2D eigenvalue weighted by molar-refractivity contribution is -0.402. The van der Waals surface area contributed by atoms with Gasteiger partial charge in [-0.25, -0.2) is 0 Å². The molecule has 1 aromatic rings. The third-order valence-corrected chi connectivity index (χ3v) is 3.27. The quantitative estimate of drug-likeness (QED) is 0.457. The largest absolute Gasteiger partial charge is 0.492 e. The summed E-state index contributed by atoms with van der Waals surface area (Å²) < 4.78 is 5.21. The first-order valence-corrected chi connectivity index (χ1v) is 7.45. The second kappa shape index (κ2) is 11.4. The summed E-state index contributed by atoms with van der Waals surface area (Å²) in [6, 6.07) is 7.76. The van der Waals surface area contributed by atoms with E-state index in [1.807, 2.05) is 38.1 Å². The maximum Gasteiger partial charge on any atom is 0.249 e. The highest BCUT2D eigenvalue weighted by atomic mass is 16.6. The zero-order chi connectivity index (χ0) is 17.0. The molecule has 0 heterocycles. The van der Waals surface area contributed by atoms with E-state index < -0.39 is 4.92 Å². The molecule has 6 nitrogen and oxygen atoms in total. The van der Waals surface area contributed by atoms with Gasteiger partial charge in [-0.3, -0.25) is 10.1 Å². The number of anilines is 1. The minimum atomic E-state index is -0.476. The van der Waals surface area contributed by atoms with Crippen molar-refractivity contribution in [3.05, 3.63) is 46.8 Å². The highest BCUT2D eigenvalue weighted by Crippen LogP contribution is 2.18. The summed E-state index contributed by atoms with van der Waals surface area (Å²) in [4.78, 5) is 9.42. The smallest absolute Gasteiger partial charge is 0.249 e. The van der Waals surface area contributed by atoms with Crippen LogP contribution in [-0.4, -0.2) is 17.6 Å². The molecule has 0 aliphatic rings. The van der Waals surface area contributed by atoms with Crippen molar-refractivity contribution < 1.29 is 9.66 Å². The highest BCUT2D eigenvalue weighted by molar-refractivity contribution is 5.51. The van der Waals surface area contributed by atoms with Crippen LogP contribution in [0.4, 0.5) is 5.69 Å². The van der Waals surface area contributed by atoms with Crippen molar-refractivity contribution in [3.8, 4) is 5.75 Å². The summed E-state index contributed by atoms with van der Waals surface area (Å²) in [5.41, 5.74) is 6.28. The van der Waals surface area contributed by atoms with Gasteiger partial charge in [0, 0.05) is 6.04 Å².